The van der Waals surface area contributed by atoms with Crippen molar-refractivity contribution in [1.29, 1.82) is 0 Å². The fourth-order valence-corrected chi connectivity index (χ4v) is 2.70. The predicted molar refractivity (Wildman–Crippen MR) is 130 cm³/mol. The van der Waals surface area contributed by atoms with E-state index in [1.807, 2.05) is 54.9 Å². The highest BCUT2D eigenvalue weighted by atomic mass is 127. The van der Waals surface area contributed by atoms with E-state index in [0.717, 1.165) is 23.2 Å². The Bertz CT molecular complexity index is 899. The number of nitrogens with zero attached hydrogens (tertiary/aromatic N) is 4. The van der Waals surface area contributed by atoms with Crippen LogP contribution >= 0.6 is 24.0 Å². The Morgan fingerprint density at radius 2 is 1.63 bits per heavy atom. The predicted octanol–water partition coefficient (Wildman–Crippen LogP) is 3.19. The molecule has 0 radical (unpaired) electrons. The van der Waals surface area contributed by atoms with Crippen LogP contribution in [0.1, 0.15) is 22.8 Å². The van der Waals surface area contributed by atoms with Gasteiger partial charge in [0.05, 0.1) is 26.3 Å². The summed E-state index contributed by atoms with van der Waals surface area (Å²) in [5.74, 6) is 2.46. The Hall–Kier alpha value is -2.46. The quantitative estimate of drug-likeness (QED) is 0.196. The van der Waals surface area contributed by atoms with E-state index >= 15 is 0 Å². The topological polar surface area (TPSA) is 76.4 Å². The first-order valence-electron chi connectivity index (χ1n) is 9.75. The van der Waals surface area contributed by atoms with Crippen LogP contribution in [0.2, 0.25) is 0 Å². The third-order valence-corrected chi connectivity index (χ3v) is 4.51. The van der Waals surface area contributed by atoms with Crippen molar-refractivity contribution >= 4 is 29.9 Å². The van der Waals surface area contributed by atoms with E-state index < -0.39 is 0 Å². The largest absolute Gasteiger partial charge is 0.375 e. The summed E-state index contributed by atoms with van der Waals surface area (Å²) < 4.78 is 7.71. The number of aryl methyl sites for hydroxylation is 1. The van der Waals surface area contributed by atoms with Gasteiger partial charge < -0.3 is 19.9 Å². The smallest absolute Gasteiger partial charge is 0.192 e. The Balaban J connectivity index is 0.00000320. The molecule has 0 amide bonds. The number of halogens is 1. The molecule has 2 aromatic carbocycles. The number of ether oxygens (including phenoxy) is 1. The van der Waals surface area contributed by atoms with Crippen LogP contribution in [-0.2, 0) is 31.5 Å². The van der Waals surface area contributed by atoms with Crippen molar-refractivity contribution in [1.82, 2.24) is 25.4 Å². The molecule has 3 rings (SSSR count). The number of nitrogens with one attached hydrogen (secondary N) is 2. The van der Waals surface area contributed by atoms with Gasteiger partial charge in [-0.2, -0.15) is 0 Å². The number of aromatic nitrogens is 3. The summed E-state index contributed by atoms with van der Waals surface area (Å²) in [5.41, 5.74) is 2.32. The second-order valence-electron chi connectivity index (χ2n) is 6.69. The zero-order chi connectivity index (χ0) is 20.3. The minimum Gasteiger partial charge on any atom is -0.375 e. The molecule has 160 valence electrons. The van der Waals surface area contributed by atoms with Gasteiger partial charge in [0.2, 0.25) is 0 Å². The molecule has 0 unspecified atom stereocenters. The molecule has 1 aromatic heterocycles. The van der Waals surface area contributed by atoms with E-state index in [-0.39, 0.29) is 24.0 Å². The van der Waals surface area contributed by atoms with E-state index in [1.165, 1.54) is 5.56 Å². The van der Waals surface area contributed by atoms with Crippen molar-refractivity contribution in [3.8, 4) is 0 Å². The van der Waals surface area contributed by atoms with Crippen LogP contribution in [0.3, 0.4) is 0 Å². The van der Waals surface area contributed by atoms with Crippen LogP contribution in [0.15, 0.2) is 65.7 Å². The molecule has 0 spiro atoms. The molecule has 0 aliphatic rings. The van der Waals surface area contributed by atoms with Crippen LogP contribution in [0.4, 0.5) is 0 Å². The molecule has 0 atom stereocenters. The Morgan fingerprint density at radius 1 is 0.967 bits per heavy atom. The SMILES string of the molecule is Cc1nnc(CNC(=NCc2ccccc2)NCCOCc2ccccc2)n1C.I. The minimum absolute atomic E-state index is 0. The summed E-state index contributed by atoms with van der Waals surface area (Å²) in [6, 6.07) is 20.3. The molecule has 0 bridgehead atoms. The van der Waals surface area contributed by atoms with Gasteiger partial charge in [0.25, 0.3) is 0 Å². The monoisotopic (exact) mass is 520 g/mol. The molecule has 3 aromatic rings. The van der Waals surface area contributed by atoms with Gasteiger partial charge in [0, 0.05) is 13.6 Å². The lowest BCUT2D eigenvalue weighted by Crippen LogP contribution is -2.39. The fraction of sp³-hybridized carbons (Fsp3) is 0.318. The normalized spacial score (nSPS) is 11.1. The molecule has 2 N–H and O–H groups in total. The molecule has 0 fully saturated rings. The van der Waals surface area contributed by atoms with Crippen LogP contribution in [0, 0.1) is 6.92 Å². The molecule has 8 heteroatoms. The van der Waals surface area contributed by atoms with E-state index in [4.69, 9.17) is 4.74 Å². The van der Waals surface area contributed by atoms with Crippen molar-refractivity contribution in [3.63, 3.8) is 0 Å². The van der Waals surface area contributed by atoms with Crippen molar-refractivity contribution in [2.75, 3.05) is 13.2 Å². The van der Waals surface area contributed by atoms with Crippen molar-refractivity contribution in [3.05, 3.63) is 83.4 Å². The Kier molecular flexibility index (Phi) is 10.3. The Labute approximate surface area is 195 Å². The third kappa shape index (κ3) is 7.75. The van der Waals surface area contributed by atoms with Gasteiger partial charge in [0.1, 0.15) is 5.82 Å². The molecule has 0 saturated carbocycles. The maximum atomic E-state index is 5.75. The average molecular weight is 520 g/mol. The summed E-state index contributed by atoms with van der Waals surface area (Å²) in [4.78, 5) is 4.68. The second kappa shape index (κ2) is 13.0. The van der Waals surface area contributed by atoms with Crippen LogP contribution in [0.25, 0.3) is 0 Å². The van der Waals surface area contributed by atoms with Gasteiger partial charge in [-0.05, 0) is 18.1 Å². The highest BCUT2D eigenvalue weighted by Gasteiger charge is 2.06. The molecule has 1 heterocycles. The lowest BCUT2D eigenvalue weighted by atomic mass is 10.2. The summed E-state index contributed by atoms with van der Waals surface area (Å²) >= 11 is 0. The van der Waals surface area contributed by atoms with Crippen molar-refractivity contribution < 1.29 is 4.74 Å². The standard InChI is InChI=1S/C22H28N6O.HI/c1-18-26-27-21(28(18)2)16-25-22(24-15-19-9-5-3-6-10-19)23-13-14-29-17-20-11-7-4-8-12-20;/h3-12H,13-17H2,1-2H3,(H2,23,24,25);1H. The molecule has 0 aliphatic carbocycles. The zero-order valence-corrected chi connectivity index (χ0v) is 19.7. The van der Waals surface area contributed by atoms with Crippen LogP contribution in [-0.4, -0.2) is 33.9 Å². The highest BCUT2D eigenvalue weighted by Crippen LogP contribution is 2.01. The summed E-state index contributed by atoms with van der Waals surface area (Å²) in [5, 5.41) is 14.9. The third-order valence-electron chi connectivity index (χ3n) is 4.51. The summed E-state index contributed by atoms with van der Waals surface area (Å²) in [6.45, 7) is 4.92. The number of aliphatic imine (C=N–C) groups is 1. The van der Waals surface area contributed by atoms with Gasteiger partial charge in [-0.1, -0.05) is 60.7 Å². The first-order chi connectivity index (χ1) is 14.2. The summed E-state index contributed by atoms with van der Waals surface area (Å²) in [7, 11) is 1.96. The first kappa shape index (κ1) is 23.8. The molecule has 0 aliphatic heterocycles. The van der Waals surface area contributed by atoms with E-state index in [9.17, 15) is 0 Å². The zero-order valence-electron chi connectivity index (χ0n) is 17.4. The number of guanidine groups is 1. The Morgan fingerprint density at radius 3 is 2.27 bits per heavy atom. The highest BCUT2D eigenvalue weighted by molar-refractivity contribution is 14.0. The van der Waals surface area contributed by atoms with Gasteiger partial charge in [0.15, 0.2) is 11.8 Å². The van der Waals surface area contributed by atoms with E-state index in [0.29, 0.717) is 32.8 Å². The van der Waals surface area contributed by atoms with E-state index in [2.05, 4.69) is 50.1 Å². The molecular weight excluding hydrogens is 491 g/mol. The maximum Gasteiger partial charge on any atom is 0.192 e. The average Bonchev–Trinajstić information content (AvgIpc) is 3.08. The molecule has 0 saturated heterocycles. The number of hydrogen-bond acceptors (Lipinski definition) is 4. The molecule has 30 heavy (non-hydrogen) atoms. The maximum absolute atomic E-state index is 5.75. The lowest BCUT2D eigenvalue weighted by molar-refractivity contribution is 0.125. The number of benzene rings is 2. The summed E-state index contributed by atoms with van der Waals surface area (Å²) in [6.07, 6.45) is 0. The first-order valence-corrected chi connectivity index (χ1v) is 9.75. The van der Waals surface area contributed by atoms with Gasteiger partial charge in [-0.25, -0.2) is 4.99 Å². The van der Waals surface area contributed by atoms with E-state index in [1.54, 1.807) is 0 Å². The van der Waals surface area contributed by atoms with Crippen LogP contribution < -0.4 is 10.6 Å². The number of hydrogen-bond donors (Lipinski definition) is 2. The fourth-order valence-electron chi connectivity index (χ4n) is 2.70. The lowest BCUT2D eigenvalue weighted by Gasteiger charge is -2.13. The van der Waals surface area contributed by atoms with Crippen molar-refractivity contribution in [2.45, 2.75) is 26.6 Å². The minimum atomic E-state index is 0. The molecular formula is C22H29IN6O. The van der Waals surface area contributed by atoms with Gasteiger partial charge in [-0.15, -0.1) is 34.2 Å². The van der Waals surface area contributed by atoms with Crippen molar-refractivity contribution in [2.24, 2.45) is 12.0 Å². The molecule has 7 nitrogen and oxygen atoms in total. The second-order valence-corrected chi connectivity index (χ2v) is 6.69. The van der Waals surface area contributed by atoms with Gasteiger partial charge in [-0.3, -0.25) is 0 Å². The van der Waals surface area contributed by atoms with Gasteiger partial charge >= 0.3 is 0 Å². The van der Waals surface area contributed by atoms with Crippen LogP contribution in [0.5, 0.6) is 0 Å². The number of rotatable bonds is 9.